The molecule has 1 saturated carbocycles. The number of imidazole rings is 1. The number of nitrogens with zero attached hydrogens (tertiary/aromatic N) is 4. The van der Waals surface area contributed by atoms with Crippen molar-refractivity contribution in [1.29, 1.82) is 0 Å². The van der Waals surface area contributed by atoms with Crippen molar-refractivity contribution in [2.45, 2.75) is 32.2 Å². The molecule has 0 aliphatic heterocycles. The molecule has 0 spiro atoms. The zero-order valence-corrected chi connectivity index (χ0v) is 12.8. The first-order chi connectivity index (χ1) is 10.1. The summed E-state index contributed by atoms with van der Waals surface area (Å²) in [6.07, 6.45) is 4.20. The molecule has 2 heterocycles. The van der Waals surface area contributed by atoms with Crippen LogP contribution in [-0.2, 0) is 13.6 Å². The van der Waals surface area contributed by atoms with Crippen molar-refractivity contribution in [1.82, 2.24) is 19.3 Å². The Hall–Kier alpha value is -2.24. The van der Waals surface area contributed by atoms with Gasteiger partial charge in [-0.3, -0.25) is 0 Å². The fourth-order valence-electron chi connectivity index (χ4n) is 2.79. The van der Waals surface area contributed by atoms with Gasteiger partial charge in [0.15, 0.2) is 0 Å². The highest BCUT2D eigenvalue weighted by atomic mass is 16.5. The molecule has 1 aliphatic carbocycles. The normalized spacial score (nSPS) is 14.4. The summed E-state index contributed by atoms with van der Waals surface area (Å²) in [6.45, 7) is 6.43. The summed E-state index contributed by atoms with van der Waals surface area (Å²) in [5.41, 5.74) is 8.86. The molecule has 0 aromatic carbocycles. The summed E-state index contributed by atoms with van der Waals surface area (Å²) in [4.78, 5) is 4.80. The molecule has 2 aromatic rings. The second-order valence-electron chi connectivity index (χ2n) is 5.47. The third-order valence-corrected chi connectivity index (χ3v) is 3.89. The van der Waals surface area contributed by atoms with Gasteiger partial charge in [0.05, 0.1) is 18.4 Å². The summed E-state index contributed by atoms with van der Waals surface area (Å²) in [7, 11) is 3.49. The van der Waals surface area contributed by atoms with Crippen LogP contribution in [0.15, 0.2) is 12.7 Å². The number of ether oxygens (including phenoxy) is 1. The Balaban J connectivity index is 2.19. The minimum Gasteiger partial charge on any atom is -0.481 e. The molecular weight excluding hydrogens is 266 g/mol. The number of nitrogens with two attached hydrogens (primary N) is 1. The van der Waals surface area contributed by atoms with E-state index in [-0.39, 0.29) is 0 Å². The Kier molecular flexibility index (Phi) is 3.23. The molecule has 2 aromatic heterocycles. The number of hydrogen-bond donors (Lipinski definition) is 1. The predicted octanol–water partition coefficient (Wildman–Crippen LogP) is 2.25. The highest BCUT2D eigenvalue weighted by Crippen LogP contribution is 2.44. The van der Waals surface area contributed by atoms with E-state index in [4.69, 9.17) is 15.5 Å². The van der Waals surface area contributed by atoms with Crippen LogP contribution >= 0.6 is 0 Å². The van der Waals surface area contributed by atoms with E-state index in [0.29, 0.717) is 24.2 Å². The maximum absolute atomic E-state index is 6.35. The molecule has 0 radical (unpaired) electrons. The molecule has 0 unspecified atom stereocenters. The van der Waals surface area contributed by atoms with Gasteiger partial charge in [0.25, 0.3) is 0 Å². The van der Waals surface area contributed by atoms with Crippen molar-refractivity contribution in [3.05, 3.63) is 24.2 Å². The highest BCUT2D eigenvalue weighted by molar-refractivity contribution is 5.77. The number of allylic oxidation sites excluding steroid dienone is 1. The van der Waals surface area contributed by atoms with Crippen molar-refractivity contribution >= 4 is 5.82 Å². The molecule has 6 nitrogen and oxygen atoms in total. The molecule has 1 aliphatic rings. The lowest BCUT2D eigenvalue weighted by Gasteiger charge is -2.06. The van der Waals surface area contributed by atoms with E-state index in [0.717, 1.165) is 22.8 Å². The Morgan fingerprint density at radius 3 is 2.76 bits per heavy atom. The lowest BCUT2D eigenvalue weighted by molar-refractivity contribution is 0.374. The van der Waals surface area contributed by atoms with E-state index in [2.05, 4.69) is 11.7 Å². The first-order valence-corrected chi connectivity index (χ1v) is 7.13. The van der Waals surface area contributed by atoms with Gasteiger partial charge in [-0.05, 0) is 19.8 Å². The van der Waals surface area contributed by atoms with Crippen LogP contribution in [0, 0.1) is 6.92 Å². The zero-order valence-electron chi connectivity index (χ0n) is 12.8. The highest BCUT2D eigenvalue weighted by Gasteiger charge is 2.32. The maximum atomic E-state index is 6.35. The number of hydrogen-bond acceptors (Lipinski definition) is 4. The minimum atomic E-state index is 0.518. The summed E-state index contributed by atoms with van der Waals surface area (Å²) < 4.78 is 9.23. The van der Waals surface area contributed by atoms with Crippen LogP contribution in [0.25, 0.3) is 11.3 Å². The molecule has 112 valence electrons. The average Bonchev–Trinajstić information content (AvgIpc) is 3.18. The topological polar surface area (TPSA) is 70.9 Å². The molecule has 3 rings (SSSR count). The quantitative estimate of drug-likeness (QED) is 0.856. The number of aryl methyl sites for hydroxylation is 2. The van der Waals surface area contributed by atoms with Crippen LogP contribution in [0.4, 0.5) is 5.82 Å². The van der Waals surface area contributed by atoms with Crippen molar-refractivity contribution in [3.63, 3.8) is 0 Å². The van der Waals surface area contributed by atoms with E-state index in [1.807, 2.05) is 24.6 Å². The third-order valence-electron chi connectivity index (χ3n) is 3.89. The first-order valence-electron chi connectivity index (χ1n) is 7.13. The van der Waals surface area contributed by atoms with Crippen molar-refractivity contribution in [2.24, 2.45) is 7.05 Å². The van der Waals surface area contributed by atoms with Crippen LogP contribution < -0.4 is 10.5 Å². The van der Waals surface area contributed by atoms with Gasteiger partial charge in [-0.15, -0.1) is 6.58 Å². The summed E-state index contributed by atoms with van der Waals surface area (Å²) in [5.74, 6) is 2.91. The minimum absolute atomic E-state index is 0.518. The molecule has 21 heavy (non-hydrogen) atoms. The number of aromatic nitrogens is 4. The van der Waals surface area contributed by atoms with Gasteiger partial charge in [-0.2, -0.15) is 5.10 Å². The Morgan fingerprint density at radius 2 is 2.19 bits per heavy atom. The average molecular weight is 287 g/mol. The fourth-order valence-corrected chi connectivity index (χ4v) is 2.79. The monoisotopic (exact) mass is 287 g/mol. The van der Waals surface area contributed by atoms with Gasteiger partial charge in [0.1, 0.15) is 17.3 Å². The summed E-state index contributed by atoms with van der Waals surface area (Å²) in [5, 5.41) is 4.41. The smallest absolute Gasteiger partial charge is 0.221 e. The predicted molar refractivity (Wildman–Crippen MR) is 82.3 cm³/mol. The van der Waals surface area contributed by atoms with Crippen LogP contribution in [0.3, 0.4) is 0 Å². The van der Waals surface area contributed by atoms with Crippen molar-refractivity contribution < 1.29 is 4.74 Å². The molecule has 1 fully saturated rings. The van der Waals surface area contributed by atoms with E-state index >= 15 is 0 Å². The second-order valence-corrected chi connectivity index (χ2v) is 5.47. The van der Waals surface area contributed by atoms with Gasteiger partial charge < -0.3 is 15.0 Å². The van der Waals surface area contributed by atoms with Crippen LogP contribution in [0.2, 0.25) is 0 Å². The largest absolute Gasteiger partial charge is 0.481 e. The molecule has 0 bridgehead atoms. The lowest BCUT2D eigenvalue weighted by atomic mass is 10.2. The Bertz CT molecular complexity index is 693. The van der Waals surface area contributed by atoms with E-state index in [9.17, 15) is 0 Å². The summed E-state index contributed by atoms with van der Waals surface area (Å²) >= 11 is 0. The van der Waals surface area contributed by atoms with E-state index < -0.39 is 0 Å². The lowest BCUT2D eigenvalue weighted by Crippen LogP contribution is -2.05. The SMILES string of the molecule is C=CCn1c(C2CC2)nc(-c2c(C)nn(C)c2OC)c1N. The molecule has 0 atom stereocenters. The van der Waals surface area contributed by atoms with Crippen molar-refractivity contribution in [2.75, 3.05) is 12.8 Å². The van der Waals surface area contributed by atoms with Crippen LogP contribution in [0.1, 0.15) is 30.3 Å². The third kappa shape index (κ3) is 2.11. The van der Waals surface area contributed by atoms with Gasteiger partial charge in [-0.25, -0.2) is 9.67 Å². The van der Waals surface area contributed by atoms with Gasteiger partial charge in [-0.1, -0.05) is 6.08 Å². The number of nitrogen functional groups attached to an aromatic ring is 1. The van der Waals surface area contributed by atoms with Crippen LogP contribution in [0.5, 0.6) is 5.88 Å². The molecule has 0 amide bonds. The number of rotatable bonds is 5. The Morgan fingerprint density at radius 1 is 1.48 bits per heavy atom. The Labute approximate surface area is 124 Å². The van der Waals surface area contributed by atoms with E-state index in [1.165, 1.54) is 12.8 Å². The molecule has 2 N–H and O–H groups in total. The summed E-state index contributed by atoms with van der Waals surface area (Å²) in [6, 6.07) is 0. The number of methoxy groups -OCH3 is 1. The van der Waals surface area contributed by atoms with Crippen molar-refractivity contribution in [3.8, 4) is 17.1 Å². The zero-order chi connectivity index (χ0) is 15.1. The van der Waals surface area contributed by atoms with E-state index in [1.54, 1.807) is 11.8 Å². The molecule has 6 heteroatoms. The second kappa shape index (κ2) is 4.95. The molecule has 0 saturated heterocycles. The molecular formula is C15H21N5O. The fraction of sp³-hybridized carbons (Fsp3) is 0.467. The van der Waals surface area contributed by atoms with Gasteiger partial charge >= 0.3 is 0 Å². The van der Waals surface area contributed by atoms with Gasteiger partial charge in [0, 0.05) is 19.5 Å². The maximum Gasteiger partial charge on any atom is 0.221 e. The first kappa shape index (κ1) is 13.7. The number of anilines is 1. The van der Waals surface area contributed by atoms with Crippen LogP contribution in [-0.4, -0.2) is 26.4 Å². The van der Waals surface area contributed by atoms with Gasteiger partial charge in [0.2, 0.25) is 5.88 Å². The standard InChI is InChI=1S/C15H21N5O/c1-5-8-20-13(16)12(17-14(20)10-6-7-10)11-9(2)18-19(3)15(11)21-4/h5,10H,1,6-8,16H2,2-4H3.